The Balaban J connectivity index is 1.74. The van der Waals surface area contributed by atoms with Gasteiger partial charge in [-0.15, -0.1) is 0 Å². The minimum atomic E-state index is -3.54. The lowest BCUT2D eigenvalue weighted by Gasteiger charge is -2.21. The Hall–Kier alpha value is -2.22. The van der Waals surface area contributed by atoms with Crippen LogP contribution >= 0.6 is 0 Å². The minimum absolute atomic E-state index is 0.113. The van der Waals surface area contributed by atoms with Gasteiger partial charge in [-0.3, -0.25) is 4.79 Å². The van der Waals surface area contributed by atoms with Crippen LogP contribution in [0.5, 0.6) is 0 Å². The van der Waals surface area contributed by atoms with Crippen molar-refractivity contribution in [1.82, 2.24) is 13.9 Å². The second kappa shape index (κ2) is 9.07. The fourth-order valence-electron chi connectivity index (χ4n) is 3.39. The zero-order chi connectivity index (χ0) is 21.0. The van der Waals surface area contributed by atoms with Gasteiger partial charge in [0.25, 0.3) is 10.2 Å². The van der Waals surface area contributed by atoms with Crippen LogP contribution in [0, 0.1) is 0 Å². The molecule has 7 heteroatoms. The van der Waals surface area contributed by atoms with E-state index >= 15 is 0 Å². The second-order valence-electron chi connectivity index (χ2n) is 7.71. The first-order valence-corrected chi connectivity index (χ1v) is 11.4. The molecule has 2 aromatic rings. The van der Waals surface area contributed by atoms with Gasteiger partial charge < -0.3 is 4.90 Å². The van der Waals surface area contributed by atoms with Crippen molar-refractivity contribution in [3.8, 4) is 11.1 Å². The number of rotatable bonds is 8. The molecule has 1 fully saturated rings. The molecule has 0 aromatic heterocycles. The highest BCUT2D eigenvalue weighted by Gasteiger charge is 2.21. The molecule has 1 saturated heterocycles. The van der Waals surface area contributed by atoms with Gasteiger partial charge in [0.15, 0.2) is 0 Å². The Bertz CT molecular complexity index is 956. The predicted octanol–water partition coefficient (Wildman–Crippen LogP) is 3.15. The molecular weight excluding hydrogens is 386 g/mol. The van der Waals surface area contributed by atoms with E-state index in [1.54, 1.807) is 7.05 Å². The maximum absolute atomic E-state index is 12.4. The summed E-state index contributed by atoms with van der Waals surface area (Å²) in [5.41, 5.74) is 4.02. The Kier molecular flexibility index (Phi) is 6.72. The van der Waals surface area contributed by atoms with Gasteiger partial charge in [0.1, 0.15) is 0 Å². The number of nitrogens with zero attached hydrogens (tertiary/aromatic N) is 2. The normalized spacial score (nSPS) is 14.9. The summed E-state index contributed by atoms with van der Waals surface area (Å²) in [6, 6.07) is 15.8. The van der Waals surface area contributed by atoms with Crippen LogP contribution in [0.3, 0.4) is 0 Å². The summed E-state index contributed by atoms with van der Waals surface area (Å²) in [4.78, 5) is 13.7. The van der Waals surface area contributed by atoms with Crippen LogP contribution in [-0.4, -0.2) is 43.2 Å². The van der Waals surface area contributed by atoms with Gasteiger partial charge in [0.05, 0.1) is 0 Å². The molecular formula is C22H29N3O3S. The molecule has 29 heavy (non-hydrogen) atoms. The van der Waals surface area contributed by atoms with Crippen molar-refractivity contribution in [3.63, 3.8) is 0 Å². The maximum atomic E-state index is 12.4. The van der Waals surface area contributed by atoms with Crippen LogP contribution < -0.4 is 4.72 Å². The second-order valence-corrected chi connectivity index (χ2v) is 9.52. The van der Waals surface area contributed by atoms with Crippen LogP contribution in [-0.2, 0) is 28.1 Å². The van der Waals surface area contributed by atoms with E-state index in [1.807, 2.05) is 67.3 Å². The largest absolute Gasteiger partial charge is 0.338 e. The first kappa shape index (κ1) is 21.5. The number of nitrogens with one attached hydrogen (secondary N) is 1. The lowest BCUT2D eigenvalue weighted by atomic mass is 9.98. The summed E-state index contributed by atoms with van der Waals surface area (Å²) in [5, 5.41) is 0. The Morgan fingerprint density at radius 2 is 1.79 bits per heavy atom. The minimum Gasteiger partial charge on any atom is -0.338 e. The molecule has 1 amide bonds. The highest BCUT2D eigenvalue weighted by atomic mass is 32.2. The van der Waals surface area contributed by atoms with Gasteiger partial charge in [-0.25, -0.2) is 0 Å². The first-order valence-electron chi connectivity index (χ1n) is 9.95. The number of hydrogen-bond acceptors (Lipinski definition) is 3. The lowest BCUT2D eigenvalue weighted by molar-refractivity contribution is -0.128. The van der Waals surface area contributed by atoms with E-state index in [-0.39, 0.29) is 18.5 Å². The molecule has 1 aliphatic rings. The molecule has 6 nitrogen and oxygen atoms in total. The van der Waals surface area contributed by atoms with E-state index in [2.05, 4.69) is 4.72 Å². The van der Waals surface area contributed by atoms with Gasteiger partial charge >= 0.3 is 0 Å². The Labute approximate surface area is 173 Å². The summed E-state index contributed by atoms with van der Waals surface area (Å²) in [5.74, 6) is 0.220. The molecule has 1 N–H and O–H groups in total. The Morgan fingerprint density at radius 3 is 2.41 bits per heavy atom. The van der Waals surface area contributed by atoms with Crippen molar-refractivity contribution in [3.05, 3.63) is 59.7 Å². The summed E-state index contributed by atoms with van der Waals surface area (Å²) in [6.45, 7) is 5.37. The van der Waals surface area contributed by atoms with Gasteiger partial charge in [-0.05, 0) is 42.5 Å². The van der Waals surface area contributed by atoms with Crippen molar-refractivity contribution >= 4 is 16.1 Å². The zero-order valence-electron chi connectivity index (χ0n) is 17.3. The van der Waals surface area contributed by atoms with Crippen molar-refractivity contribution in [2.45, 2.75) is 45.8 Å². The molecule has 156 valence electrons. The summed E-state index contributed by atoms with van der Waals surface area (Å²) in [6.07, 6.45) is 1.58. The van der Waals surface area contributed by atoms with Gasteiger partial charge in [-0.1, -0.05) is 48.5 Å². The molecule has 0 aliphatic carbocycles. The number of benzene rings is 2. The van der Waals surface area contributed by atoms with Crippen LogP contribution in [0.4, 0.5) is 0 Å². The third kappa shape index (κ3) is 5.23. The monoisotopic (exact) mass is 415 g/mol. The van der Waals surface area contributed by atoms with Crippen molar-refractivity contribution in [2.24, 2.45) is 0 Å². The summed E-state index contributed by atoms with van der Waals surface area (Å²) >= 11 is 0. The van der Waals surface area contributed by atoms with Crippen LogP contribution in [0.15, 0.2) is 48.5 Å². The first-order chi connectivity index (χ1) is 13.8. The average Bonchev–Trinajstić information content (AvgIpc) is 3.11. The third-order valence-corrected chi connectivity index (χ3v) is 7.07. The summed E-state index contributed by atoms with van der Waals surface area (Å²) in [7, 11) is -1.96. The van der Waals surface area contributed by atoms with Gasteiger partial charge in [0.2, 0.25) is 5.91 Å². The number of carbonyl (C=O) groups excluding carboxylic acids is 1. The van der Waals surface area contributed by atoms with Crippen LogP contribution in [0.25, 0.3) is 11.1 Å². The number of amides is 1. The predicted molar refractivity (Wildman–Crippen MR) is 115 cm³/mol. The lowest BCUT2D eigenvalue weighted by Crippen LogP contribution is -2.41. The molecule has 0 spiro atoms. The van der Waals surface area contributed by atoms with Crippen molar-refractivity contribution in [2.75, 3.05) is 13.6 Å². The molecule has 1 heterocycles. The van der Waals surface area contributed by atoms with E-state index in [1.165, 1.54) is 4.31 Å². The molecule has 1 aliphatic heterocycles. The molecule has 0 bridgehead atoms. The van der Waals surface area contributed by atoms with E-state index in [0.29, 0.717) is 13.0 Å². The smallest absolute Gasteiger partial charge is 0.279 e. The number of hydrogen-bond donors (Lipinski definition) is 1. The standard InChI is InChI=1S/C22H29N3O3S/c1-17(2)24(3)29(27,28)23-15-20-7-4-5-8-21(20)19-12-10-18(11-13-19)16-25-14-6-9-22(25)26/h4-5,7-8,10-13,17,23H,6,9,14-16H2,1-3H3. The van der Waals surface area contributed by atoms with Gasteiger partial charge in [0, 0.05) is 39.1 Å². The maximum Gasteiger partial charge on any atom is 0.279 e. The highest BCUT2D eigenvalue weighted by Crippen LogP contribution is 2.25. The fraction of sp³-hybridized carbons (Fsp3) is 0.409. The van der Waals surface area contributed by atoms with E-state index < -0.39 is 10.2 Å². The van der Waals surface area contributed by atoms with Crippen molar-refractivity contribution in [1.29, 1.82) is 0 Å². The van der Waals surface area contributed by atoms with E-state index in [4.69, 9.17) is 0 Å². The molecule has 0 saturated carbocycles. The van der Waals surface area contributed by atoms with Crippen LogP contribution in [0.2, 0.25) is 0 Å². The highest BCUT2D eigenvalue weighted by molar-refractivity contribution is 7.87. The number of carbonyl (C=O) groups is 1. The molecule has 0 radical (unpaired) electrons. The summed E-state index contributed by atoms with van der Waals surface area (Å²) < 4.78 is 28.8. The molecule has 0 unspecified atom stereocenters. The van der Waals surface area contributed by atoms with E-state index in [9.17, 15) is 13.2 Å². The number of likely N-dealkylation sites (tertiary alicyclic amines) is 1. The topological polar surface area (TPSA) is 69.7 Å². The Morgan fingerprint density at radius 1 is 1.10 bits per heavy atom. The fourth-order valence-corrected chi connectivity index (χ4v) is 4.48. The zero-order valence-corrected chi connectivity index (χ0v) is 18.1. The molecule has 3 rings (SSSR count). The quantitative estimate of drug-likeness (QED) is 0.720. The van der Waals surface area contributed by atoms with E-state index in [0.717, 1.165) is 35.2 Å². The SMILES string of the molecule is CC(C)N(C)S(=O)(=O)NCc1ccccc1-c1ccc(CN2CCCC2=O)cc1. The third-order valence-electron chi connectivity index (χ3n) is 5.38. The van der Waals surface area contributed by atoms with Gasteiger partial charge in [-0.2, -0.15) is 17.4 Å². The van der Waals surface area contributed by atoms with Crippen molar-refractivity contribution < 1.29 is 13.2 Å². The molecule has 0 atom stereocenters. The average molecular weight is 416 g/mol. The van der Waals surface area contributed by atoms with Crippen LogP contribution in [0.1, 0.15) is 37.8 Å². The molecule has 2 aromatic carbocycles.